The molecule has 23 heavy (non-hydrogen) atoms. The first-order valence-electron chi connectivity index (χ1n) is 8.26. The fraction of sp³-hybridized carbons (Fsp3) is 0.688. The van der Waals surface area contributed by atoms with E-state index in [-0.39, 0.29) is 12.0 Å². The summed E-state index contributed by atoms with van der Waals surface area (Å²) in [6.07, 6.45) is 1.96. The smallest absolute Gasteiger partial charge is 0.407 e. The number of rotatable bonds is 2. The van der Waals surface area contributed by atoms with Gasteiger partial charge in [0.05, 0.1) is 17.8 Å². The van der Waals surface area contributed by atoms with Crippen LogP contribution in [0.25, 0.3) is 0 Å². The number of aryl methyl sites for hydroxylation is 2. The lowest BCUT2D eigenvalue weighted by Gasteiger charge is -2.25. The first-order valence-corrected chi connectivity index (χ1v) is 8.26. The molecule has 1 aromatic rings. The Balaban J connectivity index is 1.76. The molecule has 7 heteroatoms. The van der Waals surface area contributed by atoms with Crippen LogP contribution in [0.3, 0.4) is 0 Å². The van der Waals surface area contributed by atoms with Crippen LogP contribution >= 0.6 is 0 Å². The molecule has 2 amide bonds. The number of hydrogen-bond donors (Lipinski definition) is 1. The van der Waals surface area contributed by atoms with Crippen LogP contribution in [0.2, 0.25) is 0 Å². The lowest BCUT2D eigenvalue weighted by Crippen LogP contribution is -2.37. The number of aromatic nitrogens is 2. The van der Waals surface area contributed by atoms with Gasteiger partial charge in [0.25, 0.3) is 5.91 Å². The molecule has 126 valence electrons. The maximum Gasteiger partial charge on any atom is 0.407 e. The molecule has 1 unspecified atom stereocenters. The number of amides is 2. The van der Waals surface area contributed by atoms with E-state index >= 15 is 0 Å². The van der Waals surface area contributed by atoms with Gasteiger partial charge in [0, 0.05) is 31.7 Å². The quantitative estimate of drug-likeness (QED) is 0.898. The summed E-state index contributed by atoms with van der Waals surface area (Å²) in [6.45, 7) is 8.43. The molecule has 1 atom stereocenters. The van der Waals surface area contributed by atoms with Crippen LogP contribution in [0.5, 0.6) is 0 Å². The fourth-order valence-corrected chi connectivity index (χ4v) is 3.62. The maximum atomic E-state index is 12.9. The van der Waals surface area contributed by atoms with Crippen LogP contribution in [0.4, 0.5) is 4.79 Å². The van der Waals surface area contributed by atoms with Gasteiger partial charge in [-0.1, -0.05) is 0 Å². The topological polar surface area (TPSA) is 76.5 Å². The van der Waals surface area contributed by atoms with Gasteiger partial charge in [0.15, 0.2) is 0 Å². The van der Waals surface area contributed by atoms with Gasteiger partial charge in [-0.25, -0.2) is 4.79 Å². The second-order valence-corrected chi connectivity index (χ2v) is 6.43. The van der Waals surface area contributed by atoms with Crippen molar-refractivity contribution in [2.24, 2.45) is 0 Å². The zero-order valence-electron chi connectivity index (χ0n) is 14.0. The summed E-state index contributed by atoms with van der Waals surface area (Å²) < 4.78 is 7.33. The van der Waals surface area contributed by atoms with Crippen LogP contribution in [-0.4, -0.2) is 51.9 Å². The number of nitrogens with one attached hydrogen (secondary N) is 1. The molecule has 0 aromatic carbocycles. The third kappa shape index (κ3) is 2.80. The average Bonchev–Trinajstić information content (AvgIpc) is 2.93. The Hall–Kier alpha value is -2.05. The molecule has 7 nitrogen and oxygen atoms in total. The SMILES string of the molecule is CCn1nc(C)c(C(=O)N2CCCC3(CC2)CNC(=O)O3)c1C. The first-order chi connectivity index (χ1) is 11.0. The van der Waals surface area contributed by atoms with Crippen molar-refractivity contribution in [1.82, 2.24) is 20.0 Å². The summed E-state index contributed by atoms with van der Waals surface area (Å²) >= 11 is 0. The molecule has 2 saturated heterocycles. The van der Waals surface area contributed by atoms with E-state index in [1.54, 1.807) is 0 Å². The molecular weight excluding hydrogens is 296 g/mol. The molecule has 2 fully saturated rings. The summed E-state index contributed by atoms with van der Waals surface area (Å²) in [5.41, 5.74) is 1.97. The predicted molar refractivity (Wildman–Crippen MR) is 84.3 cm³/mol. The van der Waals surface area contributed by atoms with Gasteiger partial charge in [-0.3, -0.25) is 9.48 Å². The summed E-state index contributed by atoms with van der Waals surface area (Å²) in [7, 11) is 0. The number of alkyl carbamates (subject to hydrolysis) is 1. The number of carbonyl (C=O) groups excluding carboxylic acids is 2. The summed E-state index contributed by atoms with van der Waals surface area (Å²) in [5.74, 6) is 0.0361. The van der Waals surface area contributed by atoms with E-state index in [0.717, 1.165) is 30.8 Å². The van der Waals surface area contributed by atoms with Gasteiger partial charge in [-0.15, -0.1) is 0 Å². The first kappa shape index (κ1) is 15.8. The zero-order valence-corrected chi connectivity index (χ0v) is 14.0. The molecule has 0 radical (unpaired) electrons. The highest BCUT2D eigenvalue weighted by molar-refractivity contribution is 5.96. The molecule has 0 bridgehead atoms. The van der Waals surface area contributed by atoms with Crippen molar-refractivity contribution in [2.75, 3.05) is 19.6 Å². The van der Waals surface area contributed by atoms with Gasteiger partial charge in [-0.2, -0.15) is 5.10 Å². The third-order valence-corrected chi connectivity index (χ3v) is 4.94. The molecule has 2 aliphatic rings. The molecular formula is C16H24N4O3. The van der Waals surface area contributed by atoms with Gasteiger partial charge in [-0.05, 0) is 33.6 Å². The van der Waals surface area contributed by atoms with Crippen molar-refractivity contribution in [3.8, 4) is 0 Å². The van der Waals surface area contributed by atoms with E-state index in [9.17, 15) is 9.59 Å². The van der Waals surface area contributed by atoms with Crippen LogP contribution in [0.1, 0.15) is 47.9 Å². The number of nitrogens with zero attached hydrogens (tertiary/aromatic N) is 3. The highest BCUT2D eigenvalue weighted by Gasteiger charge is 2.42. The Morgan fingerprint density at radius 1 is 1.35 bits per heavy atom. The lowest BCUT2D eigenvalue weighted by atomic mass is 9.95. The van der Waals surface area contributed by atoms with Crippen molar-refractivity contribution < 1.29 is 14.3 Å². The molecule has 1 spiro atoms. The van der Waals surface area contributed by atoms with Gasteiger partial charge in [0.1, 0.15) is 5.60 Å². The van der Waals surface area contributed by atoms with Crippen molar-refractivity contribution >= 4 is 12.0 Å². The molecule has 0 saturated carbocycles. The number of likely N-dealkylation sites (tertiary alicyclic amines) is 1. The number of carbonyl (C=O) groups is 2. The van der Waals surface area contributed by atoms with E-state index in [1.165, 1.54) is 0 Å². The van der Waals surface area contributed by atoms with Crippen molar-refractivity contribution in [2.45, 2.75) is 52.2 Å². The Morgan fingerprint density at radius 2 is 2.13 bits per heavy atom. The van der Waals surface area contributed by atoms with Crippen LogP contribution in [0.15, 0.2) is 0 Å². The predicted octanol–water partition coefficient (Wildman–Crippen LogP) is 1.62. The van der Waals surface area contributed by atoms with Crippen molar-refractivity contribution in [3.05, 3.63) is 17.0 Å². The average molecular weight is 320 g/mol. The van der Waals surface area contributed by atoms with Gasteiger partial charge < -0.3 is 15.0 Å². The highest BCUT2D eigenvalue weighted by atomic mass is 16.6. The Morgan fingerprint density at radius 3 is 2.74 bits per heavy atom. The molecule has 2 aliphatic heterocycles. The number of hydrogen-bond acceptors (Lipinski definition) is 4. The summed E-state index contributed by atoms with van der Waals surface area (Å²) in [5, 5.41) is 7.17. The normalized spacial score (nSPS) is 24.5. The van der Waals surface area contributed by atoms with Crippen LogP contribution in [-0.2, 0) is 11.3 Å². The highest BCUT2D eigenvalue weighted by Crippen LogP contribution is 2.30. The molecule has 0 aliphatic carbocycles. The van der Waals surface area contributed by atoms with E-state index in [1.807, 2.05) is 30.4 Å². The Kier molecular flexibility index (Phi) is 4.04. The van der Waals surface area contributed by atoms with E-state index in [0.29, 0.717) is 31.6 Å². The molecule has 1 N–H and O–H groups in total. The minimum Gasteiger partial charge on any atom is -0.441 e. The van der Waals surface area contributed by atoms with Crippen LogP contribution in [0, 0.1) is 13.8 Å². The second kappa shape index (κ2) is 5.86. The Labute approximate surface area is 136 Å². The summed E-state index contributed by atoms with van der Waals surface area (Å²) in [4.78, 5) is 26.2. The van der Waals surface area contributed by atoms with Crippen molar-refractivity contribution in [3.63, 3.8) is 0 Å². The zero-order chi connectivity index (χ0) is 16.6. The number of ether oxygens (including phenoxy) is 1. The Bertz CT molecular complexity index is 640. The molecule has 1 aromatic heterocycles. The molecule has 3 rings (SSSR count). The summed E-state index contributed by atoms with van der Waals surface area (Å²) in [6, 6.07) is 0. The maximum absolute atomic E-state index is 12.9. The minimum atomic E-state index is -0.441. The van der Waals surface area contributed by atoms with E-state index in [4.69, 9.17) is 4.74 Å². The van der Waals surface area contributed by atoms with Crippen molar-refractivity contribution in [1.29, 1.82) is 0 Å². The van der Waals surface area contributed by atoms with Gasteiger partial charge >= 0.3 is 6.09 Å². The largest absolute Gasteiger partial charge is 0.441 e. The monoisotopic (exact) mass is 320 g/mol. The standard InChI is InChI=1S/C16H24N4O3/c1-4-20-12(3)13(11(2)18-20)14(21)19-8-5-6-16(7-9-19)10-17-15(22)23-16/h4-10H2,1-3H3,(H,17,22). The third-order valence-electron chi connectivity index (χ3n) is 4.94. The van der Waals surface area contributed by atoms with Crippen LogP contribution < -0.4 is 5.32 Å². The molecule has 3 heterocycles. The second-order valence-electron chi connectivity index (χ2n) is 6.43. The van der Waals surface area contributed by atoms with E-state index in [2.05, 4.69) is 10.4 Å². The lowest BCUT2D eigenvalue weighted by molar-refractivity contribution is 0.0438. The van der Waals surface area contributed by atoms with Gasteiger partial charge in [0.2, 0.25) is 0 Å². The van der Waals surface area contributed by atoms with E-state index < -0.39 is 5.60 Å². The fourth-order valence-electron chi connectivity index (χ4n) is 3.62. The minimum absolute atomic E-state index is 0.0361.